The molecule has 0 aromatic heterocycles. The molecule has 0 spiro atoms. The van der Waals surface area contributed by atoms with Gasteiger partial charge in [-0.05, 0) is 12.0 Å². The molecule has 0 aromatic carbocycles. The fourth-order valence-electron chi connectivity index (χ4n) is 0.126. The first-order chi connectivity index (χ1) is 2.91. The Hall–Kier alpha value is 0.600. The standard InChI is InChI=1S/C3H7ClNS/c1-6-3-2-5-4/h2-3H2,1H3/q-1. The summed E-state index contributed by atoms with van der Waals surface area (Å²) in [6.07, 6.45) is 2.03. The van der Waals surface area contributed by atoms with Crippen molar-refractivity contribution in [3.05, 3.63) is 4.84 Å². The maximum Gasteiger partial charge on any atom is -0.0185 e. The van der Waals surface area contributed by atoms with E-state index in [1.54, 1.807) is 11.8 Å². The molecule has 0 radical (unpaired) electrons. The molecule has 0 fully saturated rings. The number of hydrogen-bond acceptors (Lipinski definition) is 1. The summed E-state index contributed by atoms with van der Waals surface area (Å²) in [6.45, 7) is 0.767. The van der Waals surface area contributed by atoms with Gasteiger partial charge in [0, 0.05) is 0 Å². The zero-order chi connectivity index (χ0) is 4.83. The van der Waals surface area contributed by atoms with Crippen LogP contribution in [-0.2, 0) is 0 Å². The van der Waals surface area contributed by atoms with Gasteiger partial charge in [0.1, 0.15) is 0 Å². The second kappa shape index (κ2) is 5.60. The molecule has 0 bridgehead atoms. The van der Waals surface area contributed by atoms with Crippen LogP contribution in [0, 0.1) is 0 Å². The van der Waals surface area contributed by atoms with Crippen molar-refractivity contribution in [2.24, 2.45) is 0 Å². The Balaban J connectivity index is 2.34. The van der Waals surface area contributed by atoms with E-state index in [2.05, 4.69) is 4.84 Å². The summed E-state index contributed by atoms with van der Waals surface area (Å²) in [5, 5.41) is 0. The molecule has 0 aliphatic heterocycles. The summed E-state index contributed by atoms with van der Waals surface area (Å²) in [6, 6.07) is 0. The molecule has 0 saturated carbocycles. The lowest BCUT2D eigenvalue weighted by molar-refractivity contribution is 1.36. The monoisotopic (exact) mass is 124 g/mol. The van der Waals surface area contributed by atoms with E-state index in [4.69, 9.17) is 11.8 Å². The van der Waals surface area contributed by atoms with E-state index < -0.39 is 0 Å². The van der Waals surface area contributed by atoms with Crippen molar-refractivity contribution >= 4 is 23.5 Å². The van der Waals surface area contributed by atoms with E-state index in [0.29, 0.717) is 0 Å². The first-order valence-electron chi connectivity index (χ1n) is 1.68. The first kappa shape index (κ1) is 6.60. The molecular weight excluding hydrogens is 118 g/mol. The van der Waals surface area contributed by atoms with Crippen LogP contribution in [0.1, 0.15) is 0 Å². The highest BCUT2D eigenvalue weighted by molar-refractivity contribution is 7.98. The van der Waals surface area contributed by atoms with E-state index in [0.717, 1.165) is 12.3 Å². The molecule has 0 amide bonds. The van der Waals surface area contributed by atoms with Gasteiger partial charge in [0.15, 0.2) is 0 Å². The SMILES string of the molecule is CSCC[N-]Cl. The number of rotatable bonds is 3. The van der Waals surface area contributed by atoms with Crippen LogP contribution in [0.2, 0.25) is 0 Å². The van der Waals surface area contributed by atoms with Gasteiger partial charge in [-0.2, -0.15) is 11.8 Å². The van der Waals surface area contributed by atoms with Gasteiger partial charge in [0.2, 0.25) is 0 Å². The minimum Gasteiger partial charge on any atom is -0.575 e. The van der Waals surface area contributed by atoms with E-state index in [9.17, 15) is 0 Å². The molecule has 0 N–H and O–H groups in total. The van der Waals surface area contributed by atoms with Crippen LogP contribution in [0.3, 0.4) is 0 Å². The highest BCUT2D eigenvalue weighted by Gasteiger charge is 1.65. The molecule has 0 rings (SSSR count). The topological polar surface area (TPSA) is 14.1 Å². The number of hydrogen-bond donors (Lipinski definition) is 0. The molecule has 38 valence electrons. The average molecular weight is 125 g/mol. The van der Waals surface area contributed by atoms with Crippen LogP contribution in [-0.4, -0.2) is 18.6 Å². The molecule has 0 heterocycles. The zero-order valence-electron chi connectivity index (χ0n) is 3.65. The van der Waals surface area contributed by atoms with Crippen LogP contribution in [0.25, 0.3) is 4.84 Å². The molecule has 0 unspecified atom stereocenters. The normalized spacial score (nSPS) is 9.00. The molecule has 0 atom stereocenters. The fourth-order valence-corrected chi connectivity index (χ4v) is 0.584. The number of thioether (sulfide) groups is 1. The molecule has 3 heteroatoms. The van der Waals surface area contributed by atoms with Crippen LogP contribution in [0.4, 0.5) is 0 Å². The third-order valence-electron chi connectivity index (χ3n) is 0.380. The maximum absolute atomic E-state index is 4.99. The molecule has 0 aliphatic rings. The minimum atomic E-state index is 0.767. The van der Waals surface area contributed by atoms with Gasteiger partial charge in [-0.25, -0.2) is 0 Å². The van der Waals surface area contributed by atoms with Crippen molar-refractivity contribution in [3.8, 4) is 0 Å². The second-order valence-electron chi connectivity index (χ2n) is 0.836. The lowest BCUT2D eigenvalue weighted by Crippen LogP contribution is -1.78. The predicted octanol–water partition coefficient (Wildman–Crippen LogP) is 1.88. The van der Waals surface area contributed by atoms with Crippen molar-refractivity contribution in [3.63, 3.8) is 0 Å². The lowest BCUT2D eigenvalue weighted by atomic mass is 10.8. The van der Waals surface area contributed by atoms with Crippen LogP contribution < -0.4 is 0 Å². The summed E-state index contributed by atoms with van der Waals surface area (Å²) in [5.41, 5.74) is 0. The Labute approximate surface area is 47.6 Å². The van der Waals surface area contributed by atoms with Crippen molar-refractivity contribution in [2.75, 3.05) is 18.6 Å². The van der Waals surface area contributed by atoms with Gasteiger partial charge >= 0.3 is 0 Å². The Morgan fingerprint density at radius 3 is 2.67 bits per heavy atom. The van der Waals surface area contributed by atoms with Crippen LogP contribution >= 0.6 is 23.5 Å². The van der Waals surface area contributed by atoms with Crippen molar-refractivity contribution in [1.29, 1.82) is 0 Å². The molecule has 1 nitrogen and oxygen atoms in total. The third kappa shape index (κ3) is 4.60. The molecular formula is C3H7ClNS-. The molecule has 6 heavy (non-hydrogen) atoms. The van der Waals surface area contributed by atoms with Crippen LogP contribution in [0.15, 0.2) is 0 Å². The minimum absolute atomic E-state index is 0.767. The lowest BCUT2D eigenvalue weighted by Gasteiger charge is -2.03. The Morgan fingerprint density at radius 2 is 2.50 bits per heavy atom. The summed E-state index contributed by atoms with van der Waals surface area (Å²) in [7, 11) is 0. The van der Waals surface area contributed by atoms with Gasteiger partial charge in [-0.15, -0.1) is 6.54 Å². The van der Waals surface area contributed by atoms with Gasteiger partial charge < -0.3 is 4.84 Å². The highest BCUT2D eigenvalue weighted by Crippen LogP contribution is 1.96. The summed E-state index contributed by atoms with van der Waals surface area (Å²) < 4.78 is 0. The van der Waals surface area contributed by atoms with Gasteiger partial charge in [-0.1, -0.05) is 0 Å². The molecule has 0 saturated heterocycles. The average Bonchev–Trinajstić information content (AvgIpc) is 1.61. The third-order valence-corrected chi connectivity index (χ3v) is 1.14. The number of nitrogens with zero attached hydrogens (tertiary/aromatic N) is 1. The van der Waals surface area contributed by atoms with Crippen molar-refractivity contribution in [2.45, 2.75) is 0 Å². The van der Waals surface area contributed by atoms with Gasteiger partial charge in [0.05, 0.1) is 0 Å². The summed E-state index contributed by atoms with van der Waals surface area (Å²) in [4.78, 5) is 3.38. The van der Waals surface area contributed by atoms with Crippen molar-refractivity contribution < 1.29 is 0 Å². The largest absolute Gasteiger partial charge is 0.575 e. The maximum atomic E-state index is 4.99. The van der Waals surface area contributed by atoms with Crippen LogP contribution in [0.5, 0.6) is 0 Å². The smallest absolute Gasteiger partial charge is 0.0185 e. The first-order valence-corrected chi connectivity index (χ1v) is 3.41. The summed E-state index contributed by atoms with van der Waals surface area (Å²) in [5.74, 6) is 1.03. The fraction of sp³-hybridized carbons (Fsp3) is 1.00. The van der Waals surface area contributed by atoms with E-state index in [-0.39, 0.29) is 0 Å². The van der Waals surface area contributed by atoms with E-state index in [1.165, 1.54) is 0 Å². The number of halogens is 1. The summed E-state index contributed by atoms with van der Waals surface area (Å²) >= 11 is 6.74. The predicted molar refractivity (Wildman–Crippen MR) is 32.5 cm³/mol. The zero-order valence-corrected chi connectivity index (χ0v) is 5.22. The second-order valence-corrected chi connectivity index (χ2v) is 2.06. The van der Waals surface area contributed by atoms with E-state index >= 15 is 0 Å². The van der Waals surface area contributed by atoms with Gasteiger partial charge in [-0.3, -0.25) is 11.8 Å². The Morgan fingerprint density at radius 1 is 1.83 bits per heavy atom. The molecule has 0 aromatic rings. The molecule has 0 aliphatic carbocycles. The van der Waals surface area contributed by atoms with Gasteiger partial charge in [0.25, 0.3) is 0 Å². The Bertz CT molecular complexity index is 22.8. The Kier molecular flexibility index (Phi) is 6.16. The quantitative estimate of drug-likeness (QED) is 0.524. The highest BCUT2D eigenvalue weighted by atomic mass is 35.5. The van der Waals surface area contributed by atoms with Crippen molar-refractivity contribution in [1.82, 2.24) is 0 Å². The van der Waals surface area contributed by atoms with E-state index in [1.807, 2.05) is 6.26 Å².